The number of aromatic nitrogens is 1. The maximum Gasteiger partial charge on any atom is 0.399 e. The largest absolute Gasteiger partial charge is 0.461 e. The van der Waals surface area contributed by atoms with Gasteiger partial charge in [0.2, 0.25) is 0 Å². The van der Waals surface area contributed by atoms with Gasteiger partial charge in [-0.1, -0.05) is 6.08 Å². The standard InChI is InChI=1S/C15H16N2O4/c1-3-5-10-8-11(16)6-7-13(10)21-15-17-12(9-20-15)14(18)19-4-2/h3,6-9H,1,4-5,16H2,2H3. The molecular weight excluding hydrogens is 272 g/mol. The third kappa shape index (κ3) is 3.62. The smallest absolute Gasteiger partial charge is 0.399 e. The molecule has 6 heteroatoms. The van der Waals surface area contributed by atoms with E-state index in [1.165, 1.54) is 6.26 Å². The van der Waals surface area contributed by atoms with E-state index in [1.807, 2.05) is 0 Å². The molecule has 2 N–H and O–H groups in total. The highest BCUT2D eigenvalue weighted by Crippen LogP contribution is 2.27. The fourth-order valence-corrected chi connectivity index (χ4v) is 1.71. The minimum absolute atomic E-state index is 0.0341. The van der Waals surface area contributed by atoms with Crippen molar-refractivity contribution in [3.8, 4) is 11.8 Å². The van der Waals surface area contributed by atoms with Gasteiger partial charge in [-0.3, -0.25) is 0 Å². The molecule has 0 aliphatic heterocycles. The number of carbonyl (C=O) groups excluding carboxylic acids is 1. The van der Waals surface area contributed by atoms with Crippen LogP contribution < -0.4 is 10.5 Å². The molecule has 0 aliphatic rings. The number of rotatable bonds is 6. The van der Waals surface area contributed by atoms with Crippen molar-refractivity contribution in [1.29, 1.82) is 0 Å². The van der Waals surface area contributed by atoms with Gasteiger partial charge in [-0.15, -0.1) is 6.58 Å². The summed E-state index contributed by atoms with van der Waals surface area (Å²) in [6.45, 7) is 5.67. The quantitative estimate of drug-likeness (QED) is 0.499. The van der Waals surface area contributed by atoms with E-state index in [0.717, 1.165) is 5.56 Å². The monoisotopic (exact) mass is 288 g/mol. The summed E-state index contributed by atoms with van der Waals surface area (Å²) < 4.78 is 15.5. The molecule has 0 fully saturated rings. The number of allylic oxidation sites excluding steroid dienone is 1. The van der Waals surface area contributed by atoms with Gasteiger partial charge in [0.25, 0.3) is 0 Å². The van der Waals surface area contributed by atoms with E-state index in [-0.39, 0.29) is 18.4 Å². The van der Waals surface area contributed by atoms with E-state index in [4.69, 9.17) is 19.6 Å². The van der Waals surface area contributed by atoms with Gasteiger partial charge >= 0.3 is 12.0 Å². The Balaban J connectivity index is 2.18. The summed E-state index contributed by atoms with van der Waals surface area (Å²) in [4.78, 5) is 15.4. The first-order chi connectivity index (χ1) is 10.1. The van der Waals surface area contributed by atoms with E-state index in [9.17, 15) is 4.79 Å². The van der Waals surface area contributed by atoms with Gasteiger partial charge < -0.3 is 19.6 Å². The summed E-state index contributed by atoms with van der Waals surface area (Å²) in [6.07, 6.45) is 3.48. The number of benzene rings is 1. The van der Waals surface area contributed by atoms with Crippen LogP contribution in [0, 0.1) is 0 Å². The minimum atomic E-state index is -0.556. The number of carbonyl (C=O) groups is 1. The first kappa shape index (κ1) is 14.6. The van der Waals surface area contributed by atoms with Crippen LogP contribution in [0.2, 0.25) is 0 Å². The summed E-state index contributed by atoms with van der Waals surface area (Å²) in [5.74, 6) is -0.0129. The van der Waals surface area contributed by atoms with E-state index in [2.05, 4.69) is 11.6 Å². The molecule has 110 valence electrons. The molecule has 0 radical (unpaired) electrons. The van der Waals surface area contributed by atoms with Crippen molar-refractivity contribution in [3.05, 3.63) is 48.4 Å². The van der Waals surface area contributed by atoms with Crippen molar-refractivity contribution in [1.82, 2.24) is 4.98 Å². The second-order valence-corrected chi connectivity index (χ2v) is 4.18. The molecule has 1 heterocycles. The molecule has 0 bridgehead atoms. The van der Waals surface area contributed by atoms with Gasteiger partial charge in [0, 0.05) is 11.3 Å². The molecule has 21 heavy (non-hydrogen) atoms. The maximum atomic E-state index is 11.5. The Morgan fingerprint density at radius 3 is 3.05 bits per heavy atom. The highest BCUT2D eigenvalue weighted by Gasteiger charge is 2.15. The second-order valence-electron chi connectivity index (χ2n) is 4.18. The van der Waals surface area contributed by atoms with Crippen molar-refractivity contribution in [2.75, 3.05) is 12.3 Å². The average molecular weight is 288 g/mol. The number of nitrogens with two attached hydrogens (primary N) is 1. The molecular formula is C15H16N2O4. The molecule has 1 aromatic heterocycles. The zero-order valence-corrected chi connectivity index (χ0v) is 11.7. The number of nitrogens with zero attached hydrogens (tertiary/aromatic N) is 1. The topological polar surface area (TPSA) is 87.6 Å². The molecule has 0 unspecified atom stereocenters. The van der Waals surface area contributed by atoms with Crippen molar-refractivity contribution in [2.24, 2.45) is 0 Å². The third-order valence-corrected chi connectivity index (χ3v) is 2.61. The van der Waals surface area contributed by atoms with Crippen molar-refractivity contribution < 1.29 is 18.7 Å². The Kier molecular flexibility index (Phi) is 4.61. The highest BCUT2D eigenvalue weighted by atomic mass is 16.6. The normalized spacial score (nSPS) is 10.1. The van der Waals surface area contributed by atoms with E-state index < -0.39 is 5.97 Å². The fraction of sp³-hybridized carbons (Fsp3) is 0.200. The summed E-state index contributed by atoms with van der Waals surface area (Å²) in [5.41, 5.74) is 7.27. The fourth-order valence-electron chi connectivity index (χ4n) is 1.71. The molecule has 1 aromatic carbocycles. The van der Waals surface area contributed by atoms with Crippen molar-refractivity contribution in [2.45, 2.75) is 13.3 Å². The van der Waals surface area contributed by atoms with Crippen LogP contribution in [0.3, 0.4) is 0 Å². The molecule has 0 amide bonds. The lowest BCUT2D eigenvalue weighted by atomic mass is 10.1. The number of oxazole rings is 1. The summed E-state index contributed by atoms with van der Waals surface area (Å²) in [7, 11) is 0. The number of anilines is 1. The Bertz CT molecular complexity index is 649. The Morgan fingerprint density at radius 2 is 2.33 bits per heavy atom. The summed E-state index contributed by atoms with van der Waals surface area (Å²) in [6, 6.07) is 5.20. The first-order valence-electron chi connectivity index (χ1n) is 6.43. The van der Waals surface area contributed by atoms with E-state index >= 15 is 0 Å². The molecule has 2 rings (SSSR count). The van der Waals surface area contributed by atoms with Gasteiger partial charge in [-0.05, 0) is 31.5 Å². The molecule has 0 saturated carbocycles. The van der Waals surface area contributed by atoms with Crippen LogP contribution in [-0.2, 0) is 11.2 Å². The molecule has 0 aliphatic carbocycles. The van der Waals surface area contributed by atoms with Gasteiger partial charge in [-0.25, -0.2) is 4.79 Å². The molecule has 2 aromatic rings. The van der Waals surface area contributed by atoms with Crippen LogP contribution in [-0.4, -0.2) is 17.6 Å². The maximum absolute atomic E-state index is 11.5. The number of hydrogen-bond donors (Lipinski definition) is 1. The van der Waals surface area contributed by atoms with Gasteiger partial charge in [0.1, 0.15) is 12.0 Å². The zero-order valence-electron chi connectivity index (χ0n) is 11.7. The van der Waals surface area contributed by atoms with Crippen molar-refractivity contribution in [3.63, 3.8) is 0 Å². The highest BCUT2D eigenvalue weighted by molar-refractivity contribution is 5.86. The van der Waals surface area contributed by atoms with Crippen molar-refractivity contribution >= 4 is 11.7 Å². The van der Waals surface area contributed by atoms with Gasteiger partial charge in [0.05, 0.1) is 6.61 Å². The Morgan fingerprint density at radius 1 is 1.52 bits per heavy atom. The summed E-state index contributed by atoms with van der Waals surface area (Å²) >= 11 is 0. The molecule has 0 saturated heterocycles. The van der Waals surface area contributed by atoms with Gasteiger partial charge in [0.15, 0.2) is 5.69 Å². The number of hydrogen-bond acceptors (Lipinski definition) is 6. The lowest BCUT2D eigenvalue weighted by Gasteiger charge is -2.07. The number of nitrogen functional groups attached to an aromatic ring is 1. The first-order valence-corrected chi connectivity index (χ1v) is 6.43. The van der Waals surface area contributed by atoms with Crippen LogP contribution in [0.5, 0.6) is 11.8 Å². The lowest BCUT2D eigenvalue weighted by Crippen LogP contribution is -2.04. The van der Waals surface area contributed by atoms with Crippen LogP contribution in [0.4, 0.5) is 5.69 Å². The summed E-state index contributed by atoms with van der Waals surface area (Å²) in [5, 5.41) is 0. The van der Waals surface area contributed by atoms with E-state index in [1.54, 1.807) is 31.2 Å². The molecule has 0 atom stereocenters. The predicted octanol–water partition coefficient (Wildman–Crippen LogP) is 2.95. The Labute approximate surface area is 122 Å². The molecule has 6 nitrogen and oxygen atoms in total. The second kappa shape index (κ2) is 6.60. The lowest BCUT2D eigenvalue weighted by molar-refractivity contribution is 0.0519. The number of ether oxygens (including phenoxy) is 2. The Hall–Kier alpha value is -2.76. The van der Waals surface area contributed by atoms with Crippen LogP contribution >= 0.6 is 0 Å². The SMILES string of the molecule is C=CCc1cc(N)ccc1Oc1nc(C(=O)OCC)co1. The molecule has 0 spiro atoms. The predicted molar refractivity (Wildman–Crippen MR) is 77.3 cm³/mol. The van der Waals surface area contributed by atoms with E-state index in [0.29, 0.717) is 17.9 Å². The third-order valence-electron chi connectivity index (χ3n) is 2.61. The van der Waals surface area contributed by atoms with Crippen LogP contribution in [0.25, 0.3) is 0 Å². The zero-order chi connectivity index (χ0) is 15.2. The van der Waals surface area contributed by atoms with Crippen LogP contribution in [0.15, 0.2) is 41.5 Å². The average Bonchev–Trinajstić information content (AvgIpc) is 2.91. The number of esters is 1. The van der Waals surface area contributed by atoms with Gasteiger partial charge in [-0.2, -0.15) is 4.98 Å². The minimum Gasteiger partial charge on any atom is -0.461 e. The van der Waals surface area contributed by atoms with Crippen LogP contribution in [0.1, 0.15) is 23.0 Å².